The van der Waals surface area contributed by atoms with E-state index in [9.17, 15) is 0 Å². The van der Waals surface area contributed by atoms with Crippen molar-refractivity contribution < 1.29 is 61.5 Å². The molecule has 0 bridgehead atoms. The van der Waals surface area contributed by atoms with Gasteiger partial charge >= 0.3 is 119 Å². The summed E-state index contributed by atoms with van der Waals surface area (Å²) in [5.74, 6) is 0. The van der Waals surface area contributed by atoms with E-state index < -0.39 is 37.5 Å². The van der Waals surface area contributed by atoms with Crippen LogP contribution in [0.5, 0.6) is 0 Å². The van der Waals surface area contributed by atoms with Crippen LogP contribution in [0.4, 0.5) is 0 Å². The SMILES string of the molecule is CCC[N](CCC)[Nd+][N](CCC)CCC.[I-]. The number of hydrogen-bond acceptors (Lipinski definition) is 2. The average Bonchev–Trinajstić information content (AvgIpc) is 2.19. The van der Waals surface area contributed by atoms with Crippen LogP contribution < -0.4 is 24.0 Å². The third kappa shape index (κ3) is 11.1. The number of hydrogen-bond donors (Lipinski definition) is 0. The van der Waals surface area contributed by atoms with E-state index in [0.717, 1.165) is 0 Å². The molecule has 0 aromatic rings. The van der Waals surface area contributed by atoms with Crippen molar-refractivity contribution in [2.45, 2.75) is 53.4 Å². The van der Waals surface area contributed by atoms with Crippen molar-refractivity contribution >= 4 is 0 Å². The molecule has 0 fully saturated rings. The predicted molar refractivity (Wildman–Crippen MR) is 64.3 cm³/mol. The van der Waals surface area contributed by atoms with Crippen molar-refractivity contribution in [3.05, 3.63) is 0 Å². The maximum Gasteiger partial charge on any atom is -1.00 e. The van der Waals surface area contributed by atoms with Crippen molar-refractivity contribution in [1.82, 2.24) is 1.97 Å². The molecule has 4 heteroatoms. The summed E-state index contributed by atoms with van der Waals surface area (Å²) in [6.07, 6.45) is 5.27. The summed E-state index contributed by atoms with van der Waals surface area (Å²) in [7, 11) is 0. The molecule has 97 valence electrons. The molecule has 0 aliphatic heterocycles. The van der Waals surface area contributed by atoms with Crippen LogP contribution in [0.3, 0.4) is 0 Å². The molecule has 0 aliphatic rings. The Balaban J connectivity index is 0. The van der Waals surface area contributed by atoms with E-state index in [-0.39, 0.29) is 24.0 Å². The van der Waals surface area contributed by atoms with Crippen molar-refractivity contribution in [3.63, 3.8) is 0 Å². The molecule has 0 aromatic carbocycles. The van der Waals surface area contributed by atoms with Gasteiger partial charge in [0.05, 0.1) is 0 Å². The van der Waals surface area contributed by atoms with E-state index in [1.54, 1.807) is 0 Å². The van der Waals surface area contributed by atoms with Crippen LogP contribution in [0.1, 0.15) is 53.4 Å². The van der Waals surface area contributed by atoms with Crippen molar-refractivity contribution in [1.29, 1.82) is 0 Å². The Labute approximate surface area is 141 Å². The Bertz CT molecular complexity index is 110. The van der Waals surface area contributed by atoms with Crippen molar-refractivity contribution in [2.75, 3.05) is 26.2 Å². The Kier molecular flexibility index (Phi) is 19.1. The standard InChI is InChI=1S/2C6H14N.HI.Nd/c2*1-3-5-7-6-4-2;;/h2*3-6H2,1-2H3;1H;/q2*-1;;+3/p-1. The first-order valence-corrected chi connectivity index (χ1v) is 9.41. The first kappa shape index (κ1) is 20.3. The minimum Gasteiger partial charge on any atom is -1.00 e. The van der Waals surface area contributed by atoms with Gasteiger partial charge in [0.15, 0.2) is 0 Å². The van der Waals surface area contributed by atoms with Gasteiger partial charge < -0.3 is 24.0 Å². The third-order valence-corrected chi connectivity index (χ3v) is 6.94. The molecule has 0 aromatic heterocycles. The molecule has 2 nitrogen and oxygen atoms in total. The van der Waals surface area contributed by atoms with Gasteiger partial charge in [0.1, 0.15) is 0 Å². The van der Waals surface area contributed by atoms with Crippen LogP contribution in [0.25, 0.3) is 0 Å². The second-order valence-electron chi connectivity index (χ2n) is 4.07. The monoisotopic (exact) mass is 469 g/mol. The molecule has 0 saturated carbocycles. The van der Waals surface area contributed by atoms with Gasteiger partial charge in [-0.05, 0) is 0 Å². The Morgan fingerprint density at radius 3 is 1.06 bits per heavy atom. The molecule has 0 amide bonds. The minimum atomic E-state index is -0.661. The normalized spacial score (nSPS) is 10.4. The summed E-state index contributed by atoms with van der Waals surface area (Å²) in [5, 5.41) is 0. The fourth-order valence-corrected chi connectivity index (χ4v) is 7.14. The second-order valence-corrected chi connectivity index (χ2v) is 8.77. The van der Waals surface area contributed by atoms with E-state index in [0.29, 0.717) is 0 Å². The molecular formula is C12H28IN2Nd. The maximum atomic E-state index is 2.78. The van der Waals surface area contributed by atoms with Crippen molar-refractivity contribution in [3.8, 4) is 0 Å². The summed E-state index contributed by atoms with van der Waals surface area (Å²) in [6.45, 7) is 14.5. The molecule has 0 unspecified atom stereocenters. The van der Waals surface area contributed by atoms with Gasteiger partial charge in [-0.25, -0.2) is 0 Å². The van der Waals surface area contributed by atoms with Gasteiger partial charge in [-0.3, -0.25) is 0 Å². The summed E-state index contributed by atoms with van der Waals surface area (Å²) in [5.41, 5.74) is 0. The molecule has 0 aliphatic carbocycles. The van der Waals surface area contributed by atoms with Crippen LogP contribution in [-0.2, 0) is 0 Å². The minimum absolute atomic E-state index is 0. The second kappa shape index (κ2) is 15.1. The zero-order chi connectivity index (χ0) is 11.5. The first-order valence-electron chi connectivity index (χ1n) is 6.54. The van der Waals surface area contributed by atoms with E-state index in [1.165, 1.54) is 51.9 Å². The molecule has 0 radical (unpaired) electrons. The average molecular weight is 472 g/mol. The molecule has 0 rings (SSSR count). The smallest absolute Gasteiger partial charge is 1.00 e. The van der Waals surface area contributed by atoms with Crippen LogP contribution in [0.2, 0.25) is 0 Å². The van der Waals surface area contributed by atoms with Gasteiger partial charge in [-0.1, -0.05) is 0 Å². The Hall–Kier alpha value is 2.00. The molecule has 16 heavy (non-hydrogen) atoms. The quantitative estimate of drug-likeness (QED) is 0.419. The first-order chi connectivity index (χ1) is 7.28. The van der Waals surface area contributed by atoms with Gasteiger partial charge in [-0.15, -0.1) is 0 Å². The Morgan fingerprint density at radius 2 is 0.875 bits per heavy atom. The van der Waals surface area contributed by atoms with Gasteiger partial charge in [0.25, 0.3) is 0 Å². The summed E-state index contributed by atoms with van der Waals surface area (Å²) < 4.78 is 5.57. The molecule has 0 atom stereocenters. The number of halogens is 1. The number of nitrogens with zero attached hydrogens (tertiary/aromatic N) is 2. The predicted octanol–water partition coefficient (Wildman–Crippen LogP) is 0.149. The fourth-order valence-electron chi connectivity index (χ4n) is 1.70. The molecular weight excluding hydrogens is 443 g/mol. The van der Waals surface area contributed by atoms with E-state index in [2.05, 4.69) is 29.7 Å². The molecule has 0 heterocycles. The third-order valence-electron chi connectivity index (χ3n) is 2.26. The van der Waals surface area contributed by atoms with Crippen LogP contribution >= 0.6 is 0 Å². The van der Waals surface area contributed by atoms with Crippen LogP contribution in [-0.4, -0.2) is 28.1 Å². The van der Waals surface area contributed by atoms with Gasteiger partial charge in [0.2, 0.25) is 0 Å². The zero-order valence-corrected chi connectivity index (χ0v) is 16.8. The van der Waals surface area contributed by atoms with Gasteiger partial charge in [0, 0.05) is 0 Å². The van der Waals surface area contributed by atoms with E-state index in [4.69, 9.17) is 0 Å². The Morgan fingerprint density at radius 1 is 0.625 bits per heavy atom. The van der Waals surface area contributed by atoms with Crippen molar-refractivity contribution in [2.24, 2.45) is 0 Å². The topological polar surface area (TPSA) is 6.48 Å². The van der Waals surface area contributed by atoms with E-state index >= 15 is 0 Å². The maximum absolute atomic E-state index is 2.78. The largest absolute Gasteiger partial charge is 1.00 e. The fraction of sp³-hybridized carbons (Fsp3) is 1.00. The van der Waals surface area contributed by atoms with Crippen LogP contribution in [0, 0.1) is 37.5 Å². The summed E-state index contributed by atoms with van der Waals surface area (Å²) in [4.78, 5) is 0. The summed E-state index contributed by atoms with van der Waals surface area (Å²) >= 11 is -0.661. The molecule has 0 N–H and O–H groups in total. The summed E-state index contributed by atoms with van der Waals surface area (Å²) in [6, 6.07) is 0. The molecule has 0 saturated heterocycles. The van der Waals surface area contributed by atoms with Gasteiger partial charge in [-0.2, -0.15) is 0 Å². The molecule has 0 spiro atoms. The zero-order valence-electron chi connectivity index (χ0n) is 11.4. The van der Waals surface area contributed by atoms with E-state index in [1.807, 2.05) is 0 Å². The van der Waals surface area contributed by atoms with Crippen LogP contribution in [0.15, 0.2) is 0 Å². The number of rotatable bonds is 10.